The second-order valence-electron chi connectivity index (χ2n) is 5.07. The Morgan fingerprint density at radius 2 is 2.29 bits per heavy atom. The summed E-state index contributed by atoms with van der Waals surface area (Å²) in [6, 6.07) is 3.98. The molecule has 1 aromatic heterocycles. The van der Waals surface area contributed by atoms with Crippen molar-refractivity contribution in [3.05, 3.63) is 17.2 Å². The lowest BCUT2D eigenvalue weighted by Crippen LogP contribution is -2.27. The molecule has 0 aliphatic carbocycles. The van der Waals surface area contributed by atoms with Crippen molar-refractivity contribution >= 4 is 40.3 Å². The van der Waals surface area contributed by atoms with Crippen LogP contribution in [0.3, 0.4) is 0 Å². The summed E-state index contributed by atoms with van der Waals surface area (Å²) in [5.74, 6) is -0.171. The molecule has 2 aromatic rings. The van der Waals surface area contributed by atoms with E-state index in [1.54, 1.807) is 12.1 Å². The molecule has 0 saturated carbocycles. The molecule has 1 aliphatic rings. The second-order valence-corrected chi connectivity index (χ2v) is 5.51. The van der Waals surface area contributed by atoms with Crippen LogP contribution in [-0.2, 0) is 4.79 Å². The van der Waals surface area contributed by atoms with Gasteiger partial charge in [-0.2, -0.15) is 4.98 Å². The first-order chi connectivity index (χ1) is 10.1. The molecule has 7 heteroatoms. The monoisotopic (exact) mass is 308 g/mol. The quantitative estimate of drug-likeness (QED) is 0.890. The van der Waals surface area contributed by atoms with Gasteiger partial charge < -0.3 is 20.0 Å². The smallest absolute Gasteiger partial charge is 0.298 e. The summed E-state index contributed by atoms with van der Waals surface area (Å²) in [7, 11) is 0. The lowest BCUT2D eigenvalue weighted by Gasteiger charge is -2.16. The topological polar surface area (TPSA) is 70.4 Å². The van der Waals surface area contributed by atoms with E-state index < -0.39 is 0 Å². The molecule has 1 amide bonds. The molecule has 0 radical (unpaired) electrons. The highest BCUT2D eigenvalue weighted by atomic mass is 35.5. The van der Waals surface area contributed by atoms with Crippen LogP contribution in [0.4, 0.5) is 11.7 Å². The molecule has 1 aliphatic heterocycles. The van der Waals surface area contributed by atoms with E-state index in [0.29, 0.717) is 27.8 Å². The third-order valence-corrected chi connectivity index (χ3v) is 3.58. The Labute approximate surface area is 127 Å². The first kappa shape index (κ1) is 14.2. The lowest BCUT2D eigenvalue weighted by atomic mass is 10.3. The number of nitrogens with zero attached hydrogens (tertiary/aromatic N) is 2. The number of nitrogens with one attached hydrogen (secondary N) is 2. The predicted molar refractivity (Wildman–Crippen MR) is 83.0 cm³/mol. The zero-order valence-corrected chi connectivity index (χ0v) is 12.5. The Morgan fingerprint density at radius 3 is 3.10 bits per heavy atom. The summed E-state index contributed by atoms with van der Waals surface area (Å²) in [4.78, 5) is 17.9. The van der Waals surface area contributed by atoms with Crippen molar-refractivity contribution < 1.29 is 9.21 Å². The van der Waals surface area contributed by atoms with Gasteiger partial charge >= 0.3 is 0 Å². The van der Waals surface area contributed by atoms with Gasteiger partial charge in [-0.15, -0.1) is 0 Å². The normalized spacial score (nSPS) is 16.0. The number of benzene rings is 1. The van der Waals surface area contributed by atoms with E-state index in [4.69, 9.17) is 16.0 Å². The van der Waals surface area contributed by atoms with Crippen molar-refractivity contribution in [1.82, 2.24) is 10.3 Å². The Morgan fingerprint density at radius 1 is 1.43 bits per heavy atom. The van der Waals surface area contributed by atoms with Gasteiger partial charge in [0.05, 0.1) is 5.69 Å². The minimum atomic E-state index is -0.171. The van der Waals surface area contributed by atoms with Crippen molar-refractivity contribution in [2.75, 3.05) is 36.4 Å². The zero-order valence-electron chi connectivity index (χ0n) is 11.8. The Hall–Kier alpha value is -1.79. The minimum Gasteiger partial charge on any atom is -0.421 e. The van der Waals surface area contributed by atoms with Gasteiger partial charge in [-0.25, -0.2) is 0 Å². The van der Waals surface area contributed by atoms with E-state index in [1.807, 2.05) is 0 Å². The number of halogens is 1. The highest BCUT2D eigenvalue weighted by molar-refractivity contribution is 6.31. The molecule has 112 valence electrons. The summed E-state index contributed by atoms with van der Waals surface area (Å²) < 4.78 is 5.86. The molecule has 1 aromatic carbocycles. The summed E-state index contributed by atoms with van der Waals surface area (Å²) >= 11 is 6.07. The molecule has 0 spiro atoms. The fraction of sp³-hybridized carbons (Fsp3) is 0.429. The number of hydrogen-bond donors (Lipinski definition) is 2. The fourth-order valence-corrected chi connectivity index (χ4v) is 2.65. The maximum Gasteiger partial charge on any atom is 0.298 e. The van der Waals surface area contributed by atoms with Crippen LogP contribution in [0.25, 0.3) is 11.1 Å². The second kappa shape index (κ2) is 5.91. The Balaban J connectivity index is 2.00. The molecule has 2 N–H and O–H groups in total. The van der Waals surface area contributed by atoms with Crippen LogP contribution in [0, 0.1) is 0 Å². The van der Waals surface area contributed by atoms with Gasteiger partial charge in [-0.05, 0) is 25.1 Å². The van der Waals surface area contributed by atoms with E-state index in [2.05, 4.69) is 20.5 Å². The van der Waals surface area contributed by atoms with Gasteiger partial charge in [0.1, 0.15) is 5.52 Å². The Bertz CT molecular complexity index is 662. The Kier molecular flexibility index (Phi) is 3.98. The third kappa shape index (κ3) is 3.11. The van der Waals surface area contributed by atoms with Crippen molar-refractivity contribution in [3.8, 4) is 0 Å². The van der Waals surface area contributed by atoms with E-state index in [9.17, 15) is 4.79 Å². The van der Waals surface area contributed by atoms with Gasteiger partial charge in [-0.1, -0.05) is 11.6 Å². The maximum absolute atomic E-state index is 11.3. The molecule has 2 heterocycles. The number of carbonyl (C=O) groups excluding carboxylic acids is 1. The summed E-state index contributed by atoms with van der Waals surface area (Å²) in [5, 5.41) is 6.58. The van der Waals surface area contributed by atoms with Crippen LogP contribution < -0.4 is 15.5 Å². The van der Waals surface area contributed by atoms with Crippen molar-refractivity contribution in [1.29, 1.82) is 0 Å². The van der Waals surface area contributed by atoms with Gasteiger partial charge in [0.2, 0.25) is 5.91 Å². The van der Waals surface area contributed by atoms with E-state index in [0.717, 1.165) is 32.6 Å². The molecule has 0 atom stereocenters. The maximum atomic E-state index is 11.3. The largest absolute Gasteiger partial charge is 0.421 e. The first-order valence-electron chi connectivity index (χ1n) is 6.97. The molecule has 6 nitrogen and oxygen atoms in total. The first-order valence-corrected chi connectivity index (χ1v) is 7.34. The van der Waals surface area contributed by atoms with Crippen LogP contribution in [0.2, 0.25) is 5.02 Å². The van der Waals surface area contributed by atoms with Crippen molar-refractivity contribution in [2.45, 2.75) is 13.3 Å². The number of anilines is 2. The van der Waals surface area contributed by atoms with Gasteiger partial charge in [-0.3, -0.25) is 4.79 Å². The molecule has 0 bridgehead atoms. The van der Waals surface area contributed by atoms with Crippen LogP contribution >= 0.6 is 11.6 Å². The van der Waals surface area contributed by atoms with Crippen LogP contribution in [0.15, 0.2) is 16.5 Å². The van der Waals surface area contributed by atoms with E-state index in [-0.39, 0.29) is 5.91 Å². The average molecular weight is 309 g/mol. The molecule has 1 fully saturated rings. The molecule has 21 heavy (non-hydrogen) atoms. The number of amides is 1. The van der Waals surface area contributed by atoms with Gasteiger partial charge in [0.15, 0.2) is 5.58 Å². The standard InChI is InChI=1S/C14H17ClN4O2/c1-9(20)17-11-7-10(15)8-12-13(11)21-14(18-12)19-5-2-3-16-4-6-19/h7-8,16H,2-6H2,1H3,(H,17,20). The average Bonchev–Trinajstić information content (AvgIpc) is 2.67. The summed E-state index contributed by atoms with van der Waals surface area (Å²) in [6.07, 6.45) is 1.04. The summed E-state index contributed by atoms with van der Waals surface area (Å²) in [6.45, 7) is 5.08. The van der Waals surface area contributed by atoms with Crippen LogP contribution in [0.5, 0.6) is 0 Å². The zero-order chi connectivity index (χ0) is 14.8. The SMILES string of the molecule is CC(=O)Nc1cc(Cl)cc2nc(N3CCCNCC3)oc12. The lowest BCUT2D eigenvalue weighted by molar-refractivity contribution is -0.114. The van der Waals surface area contributed by atoms with E-state index >= 15 is 0 Å². The van der Waals surface area contributed by atoms with Crippen molar-refractivity contribution in [3.63, 3.8) is 0 Å². The molecule has 0 unspecified atom stereocenters. The van der Waals surface area contributed by atoms with Gasteiger partial charge in [0, 0.05) is 31.6 Å². The molecular formula is C14H17ClN4O2. The summed E-state index contributed by atoms with van der Waals surface area (Å²) in [5.41, 5.74) is 1.76. The number of carbonyl (C=O) groups is 1. The number of oxazole rings is 1. The molecular weight excluding hydrogens is 292 g/mol. The van der Waals surface area contributed by atoms with Crippen LogP contribution in [-0.4, -0.2) is 37.1 Å². The molecule has 1 saturated heterocycles. The van der Waals surface area contributed by atoms with Crippen LogP contribution in [0.1, 0.15) is 13.3 Å². The highest BCUT2D eigenvalue weighted by Crippen LogP contribution is 2.31. The minimum absolute atomic E-state index is 0.171. The van der Waals surface area contributed by atoms with Crippen molar-refractivity contribution in [2.24, 2.45) is 0 Å². The fourth-order valence-electron chi connectivity index (χ4n) is 2.44. The van der Waals surface area contributed by atoms with Gasteiger partial charge in [0.25, 0.3) is 6.01 Å². The number of aromatic nitrogens is 1. The predicted octanol–water partition coefficient (Wildman–Crippen LogP) is 2.24. The number of fused-ring (bicyclic) bond motifs is 1. The number of hydrogen-bond acceptors (Lipinski definition) is 5. The van der Waals surface area contributed by atoms with E-state index in [1.165, 1.54) is 6.92 Å². The molecule has 3 rings (SSSR count). The number of rotatable bonds is 2. The third-order valence-electron chi connectivity index (χ3n) is 3.36. The highest BCUT2D eigenvalue weighted by Gasteiger charge is 2.18.